The van der Waals surface area contributed by atoms with Crippen molar-refractivity contribution in [3.05, 3.63) is 131 Å². The zero-order valence-electron chi connectivity index (χ0n) is 20.1. The minimum atomic E-state index is 0.129. The standard InChI is InChI=1S/C31H28N3O/c1-22-3-12-29-28(19-22)30(13-16-32-29)33-27-10-6-24(7-11-27)21-31(35)26-8-4-23(5-9-26)20-25-14-17-34(2)18-15-25/h3-19H,20-21H2,1-2H3,(H,32,33)/q+1/p+1. The summed E-state index contributed by atoms with van der Waals surface area (Å²) in [5.74, 6) is 0.129. The van der Waals surface area contributed by atoms with Crippen LogP contribution in [0.25, 0.3) is 10.9 Å². The molecule has 4 nitrogen and oxygen atoms in total. The monoisotopic (exact) mass is 459 g/mol. The van der Waals surface area contributed by atoms with E-state index in [-0.39, 0.29) is 5.78 Å². The lowest BCUT2D eigenvalue weighted by molar-refractivity contribution is -0.671. The van der Waals surface area contributed by atoms with E-state index in [4.69, 9.17) is 0 Å². The first-order chi connectivity index (χ1) is 17.0. The molecule has 5 aromatic rings. The van der Waals surface area contributed by atoms with Gasteiger partial charge in [0.1, 0.15) is 7.05 Å². The van der Waals surface area contributed by atoms with Crippen LogP contribution in [0.3, 0.4) is 0 Å². The second kappa shape index (κ2) is 9.90. The van der Waals surface area contributed by atoms with Crippen molar-refractivity contribution in [1.29, 1.82) is 0 Å². The number of nitrogens with one attached hydrogen (secondary N) is 2. The van der Waals surface area contributed by atoms with Gasteiger partial charge in [0, 0.05) is 41.9 Å². The lowest BCUT2D eigenvalue weighted by atomic mass is 9.99. The zero-order valence-corrected chi connectivity index (χ0v) is 20.1. The molecule has 35 heavy (non-hydrogen) atoms. The number of hydrogen-bond acceptors (Lipinski definition) is 2. The minimum Gasteiger partial charge on any atom is -0.355 e. The van der Waals surface area contributed by atoms with Crippen LogP contribution in [-0.2, 0) is 19.9 Å². The highest BCUT2D eigenvalue weighted by molar-refractivity contribution is 5.97. The molecule has 2 heterocycles. The molecule has 0 aliphatic heterocycles. The molecule has 0 aliphatic rings. The van der Waals surface area contributed by atoms with E-state index >= 15 is 0 Å². The van der Waals surface area contributed by atoms with E-state index in [9.17, 15) is 4.79 Å². The summed E-state index contributed by atoms with van der Waals surface area (Å²) < 4.78 is 2.02. The van der Waals surface area contributed by atoms with E-state index in [0.29, 0.717) is 6.42 Å². The molecule has 0 saturated carbocycles. The summed E-state index contributed by atoms with van der Waals surface area (Å²) >= 11 is 0. The Labute approximate surface area is 205 Å². The molecule has 4 heteroatoms. The first-order valence-corrected chi connectivity index (χ1v) is 11.9. The fourth-order valence-corrected chi connectivity index (χ4v) is 4.26. The number of hydrogen-bond donors (Lipinski definition) is 1. The number of aromatic nitrogens is 2. The first-order valence-electron chi connectivity index (χ1n) is 11.9. The Morgan fingerprint density at radius 1 is 0.829 bits per heavy atom. The number of ketones is 1. The summed E-state index contributed by atoms with van der Waals surface area (Å²) in [5.41, 5.74) is 8.56. The number of fused-ring (bicyclic) bond motifs is 1. The molecule has 5 rings (SSSR count). The normalized spacial score (nSPS) is 10.9. The molecule has 0 unspecified atom stereocenters. The van der Waals surface area contributed by atoms with E-state index < -0.39 is 0 Å². The van der Waals surface area contributed by atoms with Crippen LogP contribution in [0, 0.1) is 6.92 Å². The van der Waals surface area contributed by atoms with Gasteiger partial charge in [-0.3, -0.25) is 4.79 Å². The number of Topliss-reactive ketones (excluding diaryl/α,β-unsaturated/α-hetero) is 1. The number of H-pyrrole nitrogens is 1. The van der Waals surface area contributed by atoms with Crippen LogP contribution in [-0.4, -0.2) is 5.78 Å². The van der Waals surface area contributed by atoms with Crippen LogP contribution < -0.4 is 14.9 Å². The molecule has 2 aromatic heterocycles. The smallest absolute Gasteiger partial charge is 0.212 e. The summed E-state index contributed by atoms with van der Waals surface area (Å²) in [6, 6.07) is 28.7. The summed E-state index contributed by atoms with van der Waals surface area (Å²) in [7, 11) is 2.01. The topological polar surface area (TPSA) is 47.1 Å². The molecule has 172 valence electrons. The van der Waals surface area contributed by atoms with Crippen LogP contribution in [0.2, 0.25) is 0 Å². The first kappa shape index (κ1) is 22.5. The van der Waals surface area contributed by atoms with Gasteiger partial charge in [-0.2, -0.15) is 0 Å². The maximum Gasteiger partial charge on any atom is 0.212 e. The molecule has 0 atom stereocenters. The van der Waals surface area contributed by atoms with Crippen LogP contribution >= 0.6 is 0 Å². The van der Waals surface area contributed by atoms with Crippen LogP contribution in [0.4, 0.5) is 11.4 Å². The average molecular weight is 460 g/mol. The quantitative estimate of drug-likeness (QED) is 0.256. The second-order valence-electron chi connectivity index (χ2n) is 9.11. The molecule has 0 radical (unpaired) electrons. The Kier molecular flexibility index (Phi) is 6.36. The van der Waals surface area contributed by atoms with Crippen molar-refractivity contribution in [2.24, 2.45) is 7.05 Å². The molecule has 0 amide bonds. The van der Waals surface area contributed by atoms with E-state index in [1.54, 1.807) is 0 Å². The van der Waals surface area contributed by atoms with Crippen LogP contribution in [0.5, 0.6) is 0 Å². The number of nitrogens with zero attached hydrogens (tertiary/aromatic N) is 1. The number of carbonyl (C=O) groups is 1. The number of aromatic amines is 1. The fraction of sp³-hybridized carbons (Fsp3) is 0.129. The van der Waals surface area contributed by atoms with Crippen molar-refractivity contribution in [1.82, 2.24) is 0 Å². The van der Waals surface area contributed by atoms with Gasteiger partial charge in [-0.05, 0) is 53.8 Å². The second-order valence-corrected chi connectivity index (χ2v) is 9.11. The molecule has 0 fully saturated rings. The SMILES string of the molecule is Cc1ccc2[nH+]ccc(Nc3ccc(CC(=O)c4ccc(Cc5cc[n+](C)cc5)cc4)cc3)c2c1. The number of benzene rings is 3. The van der Waals surface area contributed by atoms with E-state index in [0.717, 1.165) is 39.8 Å². The summed E-state index contributed by atoms with van der Waals surface area (Å²) in [6.07, 6.45) is 7.29. The molecule has 3 aromatic carbocycles. The molecular formula is C31H29N3O+2. The van der Waals surface area contributed by atoms with E-state index in [2.05, 4.69) is 72.1 Å². The Balaban J connectivity index is 1.23. The Morgan fingerprint density at radius 2 is 1.51 bits per heavy atom. The van der Waals surface area contributed by atoms with Gasteiger partial charge in [-0.1, -0.05) is 42.5 Å². The van der Waals surface area contributed by atoms with Gasteiger partial charge in [0.2, 0.25) is 5.52 Å². The number of aryl methyl sites for hydroxylation is 2. The van der Waals surface area contributed by atoms with Crippen LogP contribution in [0.15, 0.2) is 104 Å². The van der Waals surface area contributed by atoms with Crippen molar-refractivity contribution in [2.75, 3.05) is 5.32 Å². The highest BCUT2D eigenvalue weighted by Crippen LogP contribution is 2.25. The molecular weight excluding hydrogens is 430 g/mol. The Bertz CT molecular complexity index is 1470. The van der Waals surface area contributed by atoms with E-state index in [1.165, 1.54) is 16.7 Å². The maximum atomic E-state index is 12.9. The highest BCUT2D eigenvalue weighted by atomic mass is 16.1. The van der Waals surface area contributed by atoms with Gasteiger partial charge in [-0.15, -0.1) is 0 Å². The van der Waals surface area contributed by atoms with Gasteiger partial charge in [0.25, 0.3) is 0 Å². The lowest BCUT2D eigenvalue weighted by Gasteiger charge is -2.09. The third-order valence-corrected chi connectivity index (χ3v) is 6.28. The van der Waals surface area contributed by atoms with Gasteiger partial charge in [0.05, 0.1) is 11.1 Å². The third-order valence-electron chi connectivity index (χ3n) is 6.28. The predicted octanol–water partition coefficient (Wildman–Crippen LogP) is 5.55. The van der Waals surface area contributed by atoms with Gasteiger partial charge in [0.15, 0.2) is 24.4 Å². The van der Waals surface area contributed by atoms with Crippen molar-refractivity contribution in [3.8, 4) is 0 Å². The Hall–Kier alpha value is -4.31. The molecule has 0 spiro atoms. The number of pyridine rings is 2. The van der Waals surface area contributed by atoms with Crippen molar-refractivity contribution < 1.29 is 14.3 Å². The van der Waals surface area contributed by atoms with Gasteiger partial charge < -0.3 is 5.32 Å². The third kappa shape index (κ3) is 5.44. The molecule has 0 bridgehead atoms. The van der Waals surface area contributed by atoms with Crippen molar-refractivity contribution in [3.63, 3.8) is 0 Å². The van der Waals surface area contributed by atoms with Crippen LogP contribution in [0.1, 0.15) is 32.6 Å². The molecule has 0 saturated heterocycles. The molecule has 0 aliphatic carbocycles. The molecule has 2 N–H and O–H groups in total. The average Bonchev–Trinajstić information content (AvgIpc) is 2.87. The zero-order chi connectivity index (χ0) is 24.2. The fourth-order valence-electron chi connectivity index (χ4n) is 4.26. The Morgan fingerprint density at radius 3 is 2.26 bits per heavy atom. The highest BCUT2D eigenvalue weighted by Gasteiger charge is 2.10. The summed E-state index contributed by atoms with van der Waals surface area (Å²) in [5, 5.41) is 4.66. The minimum absolute atomic E-state index is 0.129. The van der Waals surface area contributed by atoms with Gasteiger partial charge >= 0.3 is 0 Å². The largest absolute Gasteiger partial charge is 0.355 e. The van der Waals surface area contributed by atoms with Gasteiger partial charge in [-0.25, -0.2) is 9.55 Å². The number of rotatable bonds is 7. The summed E-state index contributed by atoms with van der Waals surface area (Å²) in [4.78, 5) is 16.1. The predicted molar refractivity (Wildman–Crippen MR) is 140 cm³/mol. The maximum absolute atomic E-state index is 12.9. The number of anilines is 2. The van der Waals surface area contributed by atoms with E-state index in [1.807, 2.05) is 60.3 Å². The number of carbonyl (C=O) groups excluding carboxylic acids is 1. The lowest BCUT2D eigenvalue weighted by Crippen LogP contribution is -2.25. The van der Waals surface area contributed by atoms with Crippen molar-refractivity contribution >= 4 is 28.1 Å². The summed E-state index contributed by atoms with van der Waals surface area (Å²) in [6.45, 7) is 2.10. The van der Waals surface area contributed by atoms with Crippen molar-refractivity contribution in [2.45, 2.75) is 19.8 Å².